The molecule has 0 atom stereocenters. The topological polar surface area (TPSA) is 59.3 Å². The van der Waals surface area contributed by atoms with Crippen molar-refractivity contribution in [2.75, 3.05) is 31.2 Å². The van der Waals surface area contributed by atoms with E-state index in [2.05, 4.69) is 43.6 Å². The molecule has 3 aliphatic rings. The van der Waals surface area contributed by atoms with Crippen LogP contribution >= 0.6 is 11.6 Å². The highest BCUT2D eigenvalue weighted by Crippen LogP contribution is 2.35. The number of pyridine rings is 1. The maximum atomic E-state index is 6.44. The summed E-state index contributed by atoms with van der Waals surface area (Å²) in [5, 5.41) is 10.3. The van der Waals surface area contributed by atoms with Crippen LogP contribution in [0.3, 0.4) is 0 Å². The second-order valence-electron chi connectivity index (χ2n) is 9.28. The molecule has 33 heavy (non-hydrogen) atoms. The lowest BCUT2D eigenvalue weighted by atomic mass is 9.95. The van der Waals surface area contributed by atoms with E-state index in [0.717, 1.165) is 87.6 Å². The summed E-state index contributed by atoms with van der Waals surface area (Å²) in [6, 6.07) is 12.9. The van der Waals surface area contributed by atoms with Crippen LogP contribution in [0, 0.1) is 0 Å². The minimum Gasteiger partial charge on any atom is -0.381 e. The van der Waals surface area contributed by atoms with Crippen molar-refractivity contribution in [2.45, 2.75) is 50.7 Å². The molecule has 0 aliphatic carbocycles. The Labute approximate surface area is 199 Å². The largest absolute Gasteiger partial charge is 0.381 e. The van der Waals surface area contributed by atoms with E-state index >= 15 is 0 Å². The van der Waals surface area contributed by atoms with Crippen LogP contribution in [-0.4, -0.2) is 57.0 Å². The normalized spacial score (nSPS) is 20.3. The zero-order valence-corrected chi connectivity index (χ0v) is 19.5. The predicted molar refractivity (Wildman–Crippen MR) is 128 cm³/mol. The number of piperidine rings is 1. The van der Waals surface area contributed by atoms with Crippen LogP contribution in [-0.2, 0) is 17.8 Å². The maximum Gasteiger partial charge on any atom is 0.151 e. The van der Waals surface area contributed by atoms with Gasteiger partial charge in [-0.15, -0.1) is 10.2 Å². The molecule has 3 aliphatic heterocycles. The van der Waals surface area contributed by atoms with E-state index in [0.29, 0.717) is 12.0 Å². The monoisotopic (exact) mass is 464 g/mol. The third-order valence-corrected chi connectivity index (χ3v) is 7.53. The molecule has 172 valence electrons. The number of halogens is 1. The molecule has 0 radical (unpaired) electrons. The second-order valence-corrected chi connectivity index (χ2v) is 9.72. The zero-order chi connectivity index (χ0) is 22.2. The van der Waals surface area contributed by atoms with E-state index in [1.165, 1.54) is 11.3 Å². The summed E-state index contributed by atoms with van der Waals surface area (Å²) < 4.78 is 7.94. The number of aromatic nitrogens is 4. The Balaban J connectivity index is 1.30. The molecule has 8 heteroatoms. The average molecular weight is 465 g/mol. The first kappa shape index (κ1) is 21.1. The summed E-state index contributed by atoms with van der Waals surface area (Å²) in [6.45, 7) is 5.29. The van der Waals surface area contributed by atoms with Crippen molar-refractivity contribution in [2.24, 2.45) is 0 Å². The fraction of sp³-hybridized carbons (Fsp3) is 0.480. The van der Waals surface area contributed by atoms with Crippen molar-refractivity contribution < 1.29 is 4.74 Å². The maximum absolute atomic E-state index is 6.44. The predicted octanol–water partition coefficient (Wildman–Crippen LogP) is 4.19. The van der Waals surface area contributed by atoms with Gasteiger partial charge >= 0.3 is 0 Å². The molecule has 1 aromatic carbocycles. The summed E-state index contributed by atoms with van der Waals surface area (Å²) >= 11 is 6.44. The molecule has 7 nitrogen and oxygen atoms in total. The van der Waals surface area contributed by atoms with Gasteiger partial charge in [-0.1, -0.05) is 17.7 Å². The number of benzene rings is 1. The molecule has 2 fully saturated rings. The van der Waals surface area contributed by atoms with E-state index in [4.69, 9.17) is 26.5 Å². The first-order valence-corrected chi connectivity index (χ1v) is 12.3. The Bertz CT molecular complexity index is 1110. The quantitative estimate of drug-likeness (QED) is 0.579. The van der Waals surface area contributed by atoms with Gasteiger partial charge in [-0.3, -0.25) is 9.47 Å². The average Bonchev–Trinajstić information content (AvgIpc) is 3.21. The highest BCUT2D eigenvalue weighted by molar-refractivity contribution is 6.30. The molecule has 0 saturated carbocycles. The Morgan fingerprint density at radius 1 is 0.939 bits per heavy atom. The number of nitrogens with zero attached hydrogens (tertiary/aromatic N) is 6. The molecule has 6 rings (SSSR count). The SMILES string of the molecule is Clc1ccc2c(c1)CN(C1CCOCC1)Cc1nnc(C3CCN(c4ccccn4)CC3)n1-2. The first-order valence-electron chi connectivity index (χ1n) is 12.0. The summed E-state index contributed by atoms with van der Waals surface area (Å²) in [5.41, 5.74) is 2.43. The third-order valence-electron chi connectivity index (χ3n) is 7.30. The summed E-state index contributed by atoms with van der Waals surface area (Å²) in [4.78, 5) is 9.44. The van der Waals surface area contributed by atoms with Crippen LogP contribution in [0.5, 0.6) is 0 Å². The smallest absolute Gasteiger partial charge is 0.151 e. The van der Waals surface area contributed by atoms with E-state index in [1.54, 1.807) is 0 Å². The van der Waals surface area contributed by atoms with E-state index in [-0.39, 0.29) is 0 Å². The Morgan fingerprint density at radius 2 is 1.79 bits per heavy atom. The number of ether oxygens (including phenoxy) is 1. The van der Waals surface area contributed by atoms with E-state index in [1.807, 2.05) is 18.3 Å². The molecule has 5 heterocycles. The van der Waals surface area contributed by atoms with Crippen LogP contribution < -0.4 is 4.90 Å². The van der Waals surface area contributed by atoms with Gasteiger partial charge in [-0.25, -0.2) is 4.98 Å². The molecule has 0 N–H and O–H groups in total. The number of rotatable bonds is 3. The number of hydrogen-bond donors (Lipinski definition) is 0. The van der Waals surface area contributed by atoms with Crippen molar-refractivity contribution in [1.29, 1.82) is 0 Å². The van der Waals surface area contributed by atoms with Gasteiger partial charge < -0.3 is 9.64 Å². The highest BCUT2D eigenvalue weighted by Gasteiger charge is 2.32. The lowest BCUT2D eigenvalue weighted by molar-refractivity contribution is 0.0274. The molecule has 2 saturated heterocycles. The zero-order valence-electron chi connectivity index (χ0n) is 18.7. The van der Waals surface area contributed by atoms with Gasteiger partial charge in [-0.05, 0) is 61.6 Å². The van der Waals surface area contributed by atoms with Gasteiger partial charge in [0.25, 0.3) is 0 Å². The molecule has 0 amide bonds. The third kappa shape index (κ3) is 4.14. The molecule has 0 bridgehead atoms. The lowest BCUT2D eigenvalue weighted by Gasteiger charge is -2.33. The van der Waals surface area contributed by atoms with Crippen LogP contribution in [0.4, 0.5) is 5.82 Å². The molecule has 0 spiro atoms. The summed E-state index contributed by atoms with van der Waals surface area (Å²) in [6.07, 6.45) is 6.07. The van der Waals surface area contributed by atoms with Crippen molar-refractivity contribution in [3.8, 4) is 5.69 Å². The second kappa shape index (κ2) is 9.05. The highest BCUT2D eigenvalue weighted by atomic mass is 35.5. The Morgan fingerprint density at radius 3 is 2.58 bits per heavy atom. The fourth-order valence-corrected chi connectivity index (χ4v) is 5.73. The van der Waals surface area contributed by atoms with Gasteiger partial charge in [-0.2, -0.15) is 0 Å². The standard InChI is InChI=1S/C25H29ClN6O/c26-20-4-5-22-19(15-20)16-31(21-8-13-33-14-9-21)17-24-28-29-25(32(22)24)18-6-11-30(12-7-18)23-3-1-2-10-27-23/h1-5,10,15,18,21H,6-9,11-14,16-17H2. The van der Waals surface area contributed by atoms with Gasteiger partial charge in [0.15, 0.2) is 5.82 Å². The molecular formula is C25H29ClN6O. The number of anilines is 1. The van der Waals surface area contributed by atoms with Gasteiger partial charge in [0, 0.05) is 56.0 Å². The summed E-state index contributed by atoms with van der Waals surface area (Å²) in [5.74, 6) is 3.56. The van der Waals surface area contributed by atoms with Crippen molar-refractivity contribution in [3.05, 3.63) is 64.8 Å². The number of fused-ring (bicyclic) bond motifs is 3. The molecule has 3 aromatic rings. The van der Waals surface area contributed by atoms with Crippen LogP contribution in [0.1, 0.15) is 48.8 Å². The van der Waals surface area contributed by atoms with Gasteiger partial charge in [0.05, 0.1) is 12.2 Å². The molecule has 2 aromatic heterocycles. The van der Waals surface area contributed by atoms with Gasteiger partial charge in [0.1, 0.15) is 11.6 Å². The minimum absolute atomic E-state index is 0.379. The van der Waals surface area contributed by atoms with Gasteiger partial charge in [0.2, 0.25) is 0 Å². The summed E-state index contributed by atoms with van der Waals surface area (Å²) in [7, 11) is 0. The van der Waals surface area contributed by atoms with Crippen molar-refractivity contribution in [3.63, 3.8) is 0 Å². The van der Waals surface area contributed by atoms with Crippen molar-refractivity contribution in [1.82, 2.24) is 24.6 Å². The number of hydrogen-bond acceptors (Lipinski definition) is 6. The van der Waals surface area contributed by atoms with E-state index in [9.17, 15) is 0 Å². The van der Waals surface area contributed by atoms with E-state index < -0.39 is 0 Å². The van der Waals surface area contributed by atoms with Crippen LogP contribution in [0.2, 0.25) is 5.02 Å². The molecular weight excluding hydrogens is 436 g/mol. The van der Waals surface area contributed by atoms with Crippen LogP contribution in [0.15, 0.2) is 42.6 Å². The van der Waals surface area contributed by atoms with Crippen LogP contribution in [0.25, 0.3) is 5.69 Å². The minimum atomic E-state index is 0.379. The first-order chi connectivity index (χ1) is 16.3. The Kier molecular flexibility index (Phi) is 5.78. The fourth-order valence-electron chi connectivity index (χ4n) is 5.53. The Hall–Kier alpha value is -2.48. The lowest BCUT2D eigenvalue weighted by Crippen LogP contribution is -2.38. The van der Waals surface area contributed by atoms with Crippen molar-refractivity contribution >= 4 is 17.4 Å². The molecule has 0 unspecified atom stereocenters.